The topological polar surface area (TPSA) is 58.0 Å². The minimum atomic E-state index is 0.0856. The van der Waals surface area contributed by atoms with Gasteiger partial charge in [-0.1, -0.05) is 12.1 Å². The molecule has 0 aliphatic rings. The van der Waals surface area contributed by atoms with Gasteiger partial charge >= 0.3 is 0 Å². The van der Waals surface area contributed by atoms with Crippen molar-refractivity contribution in [3.63, 3.8) is 0 Å². The van der Waals surface area contributed by atoms with Crippen molar-refractivity contribution < 1.29 is 5.11 Å². The van der Waals surface area contributed by atoms with Crippen LogP contribution in [-0.4, -0.2) is 34.5 Å². The van der Waals surface area contributed by atoms with E-state index in [1.807, 2.05) is 30.5 Å². The molecule has 2 N–H and O–H groups in total. The van der Waals surface area contributed by atoms with Gasteiger partial charge in [-0.3, -0.25) is 0 Å². The summed E-state index contributed by atoms with van der Waals surface area (Å²) in [5.74, 6) is 0.736. The van der Waals surface area contributed by atoms with E-state index in [1.54, 1.807) is 11.8 Å². The van der Waals surface area contributed by atoms with Crippen LogP contribution in [0, 0.1) is 0 Å². The lowest BCUT2D eigenvalue weighted by molar-refractivity contribution is 0.311. The van der Waals surface area contributed by atoms with E-state index < -0.39 is 0 Å². The van der Waals surface area contributed by atoms with Crippen molar-refractivity contribution in [3.05, 3.63) is 24.3 Å². The van der Waals surface area contributed by atoms with Gasteiger partial charge in [0.05, 0.1) is 17.6 Å². The monoisotopic (exact) mass is 235 g/mol. The van der Waals surface area contributed by atoms with Crippen molar-refractivity contribution >= 4 is 28.6 Å². The number of fused-ring (bicyclic) bond motifs is 1. The van der Waals surface area contributed by atoms with Crippen LogP contribution in [0.25, 0.3) is 11.0 Å². The molecule has 16 heavy (non-hydrogen) atoms. The van der Waals surface area contributed by atoms with Crippen LogP contribution in [0.3, 0.4) is 0 Å². The number of thioether (sulfide) groups is 1. The van der Waals surface area contributed by atoms with Crippen LogP contribution in [0.2, 0.25) is 0 Å². The third-order valence-corrected chi connectivity index (χ3v) is 2.81. The molecule has 0 aliphatic carbocycles. The molecule has 2 rings (SSSR count). The van der Waals surface area contributed by atoms with Crippen molar-refractivity contribution in [2.75, 3.05) is 24.7 Å². The maximum atomic E-state index is 8.79. The largest absolute Gasteiger partial charge is 0.395 e. The molecule has 1 aromatic heterocycles. The highest BCUT2D eigenvalue weighted by molar-refractivity contribution is 7.98. The first-order valence-electron chi connectivity index (χ1n) is 5.00. The number of nitrogens with zero attached hydrogens (tertiary/aromatic N) is 2. The molecule has 5 heteroatoms. The van der Waals surface area contributed by atoms with E-state index in [-0.39, 0.29) is 6.61 Å². The Morgan fingerprint density at radius 1 is 1.25 bits per heavy atom. The number of aliphatic hydroxyl groups is 1. The molecule has 0 saturated heterocycles. The van der Waals surface area contributed by atoms with Gasteiger partial charge in [-0.25, -0.2) is 9.97 Å². The number of rotatable bonds is 4. The molecule has 0 radical (unpaired) electrons. The zero-order valence-corrected chi connectivity index (χ0v) is 9.79. The fraction of sp³-hybridized carbons (Fsp3) is 0.273. The minimum absolute atomic E-state index is 0.0856. The summed E-state index contributed by atoms with van der Waals surface area (Å²) in [5.41, 5.74) is 1.75. The summed E-state index contributed by atoms with van der Waals surface area (Å²) in [7, 11) is 0. The Balaban J connectivity index is 2.45. The highest BCUT2D eigenvalue weighted by Crippen LogP contribution is 2.23. The first kappa shape index (κ1) is 11.2. The molecule has 0 fully saturated rings. The second kappa shape index (κ2) is 5.14. The molecule has 0 spiro atoms. The lowest BCUT2D eigenvalue weighted by Crippen LogP contribution is -2.08. The van der Waals surface area contributed by atoms with Crippen LogP contribution in [0.5, 0.6) is 0 Å². The number of benzene rings is 1. The third-order valence-electron chi connectivity index (χ3n) is 2.14. The number of nitrogens with one attached hydrogen (secondary N) is 1. The summed E-state index contributed by atoms with van der Waals surface area (Å²) in [4.78, 5) is 8.98. The summed E-state index contributed by atoms with van der Waals surface area (Å²) in [6.07, 6.45) is 1.96. The molecule has 0 bridgehead atoms. The summed E-state index contributed by atoms with van der Waals surface area (Å²) in [6.45, 7) is 0.572. The van der Waals surface area contributed by atoms with E-state index in [2.05, 4.69) is 15.3 Å². The van der Waals surface area contributed by atoms with Gasteiger partial charge in [0.1, 0.15) is 5.03 Å². The second-order valence-corrected chi connectivity index (χ2v) is 4.02. The molecule has 2 aromatic rings. The van der Waals surface area contributed by atoms with Crippen LogP contribution in [-0.2, 0) is 0 Å². The molecule has 4 nitrogen and oxygen atoms in total. The van der Waals surface area contributed by atoms with Crippen LogP contribution in [0.1, 0.15) is 0 Å². The number of aromatic nitrogens is 2. The van der Waals surface area contributed by atoms with Gasteiger partial charge in [0.15, 0.2) is 5.82 Å². The van der Waals surface area contributed by atoms with Crippen LogP contribution < -0.4 is 5.32 Å². The highest BCUT2D eigenvalue weighted by atomic mass is 32.2. The number of para-hydroxylation sites is 2. The third kappa shape index (κ3) is 2.25. The first-order chi connectivity index (χ1) is 7.85. The minimum Gasteiger partial charge on any atom is -0.395 e. The van der Waals surface area contributed by atoms with Crippen molar-refractivity contribution in [1.29, 1.82) is 0 Å². The Kier molecular flexibility index (Phi) is 3.58. The van der Waals surface area contributed by atoms with E-state index in [0.717, 1.165) is 21.9 Å². The summed E-state index contributed by atoms with van der Waals surface area (Å²) < 4.78 is 0. The molecule has 1 aromatic carbocycles. The maximum Gasteiger partial charge on any atom is 0.159 e. The zero-order valence-electron chi connectivity index (χ0n) is 8.97. The zero-order chi connectivity index (χ0) is 11.4. The standard InChI is InChI=1S/C11H13N3OS/c1-16-11-10(12-6-7-15)13-8-4-2-3-5-9(8)14-11/h2-5,15H,6-7H2,1H3,(H,12,13). The molecule has 84 valence electrons. The molecule has 0 atom stereocenters. The number of anilines is 1. The molecule has 0 amide bonds. The van der Waals surface area contributed by atoms with Gasteiger partial charge in [0.25, 0.3) is 0 Å². The molecular weight excluding hydrogens is 222 g/mol. The number of hydrogen-bond donors (Lipinski definition) is 2. The van der Waals surface area contributed by atoms with Crippen LogP contribution in [0.4, 0.5) is 5.82 Å². The lowest BCUT2D eigenvalue weighted by Gasteiger charge is -2.08. The van der Waals surface area contributed by atoms with Gasteiger partial charge in [0, 0.05) is 6.54 Å². The molecular formula is C11H13N3OS. The number of aliphatic hydroxyl groups excluding tert-OH is 1. The van der Waals surface area contributed by atoms with Crippen molar-refractivity contribution in [1.82, 2.24) is 9.97 Å². The number of hydrogen-bond acceptors (Lipinski definition) is 5. The maximum absolute atomic E-state index is 8.79. The summed E-state index contributed by atoms with van der Waals surface area (Å²) in [6, 6.07) is 7.75. The van der Waals surface area contributed by atoms with E-state index in [0.29, 0.717) is 6.54 Å². The van der Waals surface area contributed by atoms with Crippen molar-refractivity contribution in [3.8, 4) is 0 Å². The van der Waals surface area contributed by atoms with E-state index in [1.165, 1.54) is 0 Å². The van der Waals surface area contributed by atoms with Crippen molar-refractivity contribution in [2.45, 2.75) is 5.03 Å². The molecule has 0 saturated carbocycles. The van der Waals surface area contributed by atoms with Crippen molar-refractivity contribution in [2.24, 2.45) is 0 Å². The van der Waals surface area contributed by atoms with E-state index >= 15 is 0 Å². The quantitative estimate of drug-likeness (QED) is 0.791. The fourth-order valence-electron chi connectivity index (χ4n) is 1.42. The Bertz CT molecular complexity index is 490. The van der Waals surface area contributed by atoms with Gasteiger partial charge in [-0.15, -0.1) is 11.8 Å². The highest BCUT2D eigenvalue weighted by Gasteiger charge is 2.06. The van der Waals surface area contributed by atoms with Crippen LogP contribution >= 0.6 is 11.8 Å². The Hall–Kier alpha value is -1.33. The SMILES string of the molecule is CSc1nc2ccccc2nc1NCCO. The summed E-state index contributed by atoms with van der Waals surface area (Å²) >= 11 is 1.54. The fourth-order valence-corrected chi connectivity index (χ4v) is 1.92. The van der Waals surface area contributed by atoms with Crippen LogP contribution in [0.15, 0.2) is 29.3 Å². The molecule has 1 heterocycles. The average Bonchev–Trinajstić information content (AvgIpc) is 2.35. The Labute approximate surface area is 98.1 Å². The first-order valence-corrected chi connectivity index (χ1v) is 6.23. The summed E-state index contributed by atoms with van der Waals surface area (Å²) in [5, 5.41) is 12.7. The molecule has 0 unspecified atom stereocenters. The second-order valence-electron chi connectivity index (χ2n) is 3.22. The average molecular weight is 235 g/mol. The van der Waals surface area contributed by atoms with E-state index in [4.69, 9.17) is 5.11 Å². The van der Waals surface area contributed by atoms with Gasteiger partial charge in [0.2, 0.25) is 0 Å². The Morgan fingerprint density at radius 2 is 1.94 bits per heavy atom. The predicted molar refractivity (Wildman–Crippen MR) is 66.9 cm³/mol. The molecule has 0 aliphatic heterocycles. The van der Waals surface area contributed by atoms with Gasteiger partial charge in [-0.2, -0.15) is 0 Å². The van der Waals surface area contributed by atoms with Gasteiger partial charge < -0.3 is 10.4 Å². The van der Waals surface area contributed by atoms with E-state index in [9.17, 15) is 0 Å². The normalized spacial score (nSPS) is 10.6. The predicted octanol–water partition coefficient (Wildman–Crippen LogP) is 1.76. The van der Waals surface area contributed by atoms with Gasteiger partial charge in [-0.05, 0) is 18.4 Å². The Morgan fingerprint density at radius 3 is 2.56 bits per heavy atom. The smallest absolute Gasteiger partial charge is 0.159 e. The lowest BCUT2D eigenvalue weighted by atomic mass is 10.3.